The van der Waals surface area contributed by atoms with Gasteiger partial charge in [0.2, 0.25) is 0 Å². The number of hydrogen-bond acceptors (Lipinski definition) is 5. The smallest absolute Gasteiger partial charge is 0.419 e. The molecule has 1 aliphatic heterocycles. The molecule has 0 N–H and O–H groups in total. The lowest BCUT2D eigenvalue weighted by Crippen LogP contribution is -2.51. The van der Waals surface area contributed by atoms with Crippen molar-refractivity contribution in [2.24, 2.45) is 0 Å². The molecule has 204 valence electrons. The second-order valence-electron chi connectivity index (χ2n) is 12.1. The number of likely N-dealkylation sites (tertiary alicyclic amines) is 1. The van der Waals surface area contributed by atoms with E-state index in [4.69, 9.17) is 14.2 Å². The molecule has 3 aromatic carbocycles. The number of amides is 1. The van der Waals surface area contributed by atoms with Gasteiger partial charge < -0.3 is 19.1 Å². The molecule has 0 saturated carbocycles. The first-order valence-electron chi connectivity index (χ1n) is 13.3. The van der Waals surface area contributed by atoms with Crippen LogP contribution in [-0.4, -0.2) is 53.1 Å². The zero-order chi connectivity index (χ0) is 28.1. The maximum Gasteiger partial charge on any atom is 0.419 e. The number of rotatable bonds is 3. The molecular weight excluding hydrogens is 492 g/mol. The SMILES string of the molecule is COc1cc(-c2ccc3cc(C4CN(C(=O)OC(C)(C)C)C4)n(C(=O)OC(C)(C)C)c3c2)c2ccccc2c1. The topological polar surface area (TPSA) is 70.0 Å². The number of methoxy groups -OCH3 is 1. The molecule has 7 nitrogen and oxygen atoms in total. The standard InChI is InChI=1S/C32H36N2O5/c1-31(2,3)38-29(35)33-18-23(19-33)28-16-22-13-12-21(15-27(22)34(28)30(36)39-32(4,5)6)26-17-24(37-7)14-20-10-8-9-11-25(20)26/h8-17,23H,18-19H2,1-7H3. The first-order chi connectivity index (χ1) is 18.3. The number of benzene rings is 3. The number of fused-ring (bicyclic) bond motifs is 2. The fourth-order valence-corrected chi connectivity index (χ4v) is 4.98. The van der Waals surface area contributed by atoms with Crippen LogP contribution in [-0.2, 0) is 9.47 Å². The molecule has 0 bridgehead atoms. The fourth-order valence-electron chi connectivity index (χ4n) is 4.98. The molecule has 1 aliphatic rings. The zero-order valence-electron chi connectivity index (χ0n) is 23.7. The third-order valence-electron chi connectivity index (χ3n) is 6.74. The highest BCUT2D eigenvalue weighted by molar-refractivity contribution is 6.01. The Morgan fingerprint density at radius 1 is 0.795 bits per heavy atom. The van der Waals surface area contributed by atoms with Gasteiger partial charge in [-0.2, -0.15) is 0 Å². The Kier molecular flexibility index (Phi) is 6.57. The van der Waals surface area contributed by atoms with Crippen molar-refractivity contribution < 1.29 is 23.8 Å². The molecule has 1 saturated heterocycles. The van der Waals surface area contributed by atoms with Gasteiger partial charge in [-0.05, 0) is 87.7 Å². The minimum atomic E-state index is -0.659. The second kappa shape index (κ2) is 9.63. The van der Waals surface area contributed by atoms with E-state index in [1.807, 2.05) is 84.0 Å². The lowest BCUT2D eigenvalue weighted by Gasteiger charge is -2.40. The van der Waals surface area contributed by atoms with Gasteiger partial charge >= 0.3 is 12.2 Å². The molecule has 1 fully saturated rings. The fraction of sp³-hybridized carbons (Fsp3) is 0.375. The van der Waals surface area contributed by atoms with E-state index >= 15 is 0 Å². The summed E-state index contributed by atoms with van der Waals surface area (Å²) in [6, 6.07) is 20.4. The van der Waals surface area contributed by atoms with Crippen molar-refractivity contribution in [3.8, 4) is 16.9 Å². The Labute approximate surface area is 229 Å². The highest BCUT2D eigenvalue weighted by Gasteiger charge is 2.38. The normalized spacial score (nSPS) is 14.4. The van der Waals surface area contributed by atoms with E-state index in [1.54, 1.807) is 16.6 Å². The van der Waals surface area contributed by atoms with Crippen LogP contribution in [0.15, 0.2) is 60.7 Å². The van der Waals surface area contributed by atoms with Crippen LogP contribution in [0.25, 0.3) is 32.8 Å². The Morgan fingerprint density at radius 3 is 2.13 bits per heavy atom. The first kappa shape index (κ1) is 26.6. The van der Waals surface area contributed by atoms with Crippen LogP contribution in [0.2, 0.25) is 0 Å². The molecule has 0 unspecified atom stereocenters. The minimum Gasteiger partial charge on any atom is -0.497 e. The quantitative estimate of drug-likeness (QED) is 0.274. The number of nitrogens with zero attached hydrogens (tertiary/aromatic N) is 2. The van der Waals surface area contributed by atoms with E-state index < -0.39 is 17.3 Å². The Balaban J connectivity index is 1.58. The summed E-state index contributed by atoms with van der Waals surface area (Å²) in [7, 11) is 1.66. The van der Waals surface area contributed by atoms with Crippen LogP contribution >= 0.6 is 0 Å². The van der Waals surface area contributed by atoms with Gasteiger partial charge in [0, 0.05) is 30.1 Å². The van der Waals surface area contributed by atoms with Crippen molar-refractivity contribution in [1.29, 1.82) is 0 Å². The van der Waals surface area contributed by atoms with Crippen molar-refractivity contribution >= 4 is 33.9 Å². The second-order valence-corrected chi connectivity index (χ2v) is 12.1. The minimum absolute atomic E-state index is 0.0152. The molecule has 2 heterocycles. The lowest BCUT2D eigenvalue weighted by atomic mass is 9.96. The van der Waals surface area contributed by atoms with E-state index in [1.165, 1.54) is 0 Å². The van der Waals surface area contributed by atoms with Gasteiger partial charge in [-0.15, -0.1) is 0 Å². The van der Waals surface area contributed by atoms with Gasteiger partial charge in [0.1, 0.15) is 17.0 Å². The number of ether oxygens (including phenoxy) is 3. The van der Waals surface area contributed by atoms with E-state index in [-0.39, 0.29) is 12.0 Å². The monoisotopic (exact) mass is 528 g/mol. The van der Waals surface area contributed by atoms with Crippen molar-refractivity contribution in [1.82, 2.24) is 9.47 Å². The summed E-state index contributed by atoms with van der Waals surface area (Å²) < 4.78 is 18.6. The van der Waals surface area contributed by atoms with Crippen molar-refractivity contribution in [2.45, 2.75) is 58.7 Å². The van der Waals surface area contributed by atoms with Gasteiger partial charge in [0.05, 0.1) is 12.6 Å². The predicted octanol–water partition coefficient (Wildman–Crippen LogP) is 7.59. The summed E-state index contributed by atoms with van der Waals surface area (Å²) in [6.45, 7) is 12.1. The van der Waals surface area contributed by atoms with Crippen LogP contribution in [0.5, 0.6) is 5.75 Å². The van der Waals surface area contributed by atoms with Gasteiger partial charge in [-0.25, -0.2) is 14.2 Å². The molecular formula is C32H36N2O5. The average Bonchev–Trinajstić information content (AvgIpc) is 3.18. The molecule has 1 aromatic heterocycles. The number of hydrogen-bond donors (Lipinski definition) is 0. The highest BCUT2D eigenvalue weighted by atomic mass is 16.6. The third kappa shape index (κ3) is 5.44. The van der Waals surface area contributed by atoms with Crippen molar-refractivity contribution in [2.75, 3.05) is 20.2 Å². The summed E-state index contributed by atoms with van der Waals surface area (Å²) in [5.41, 5.74) is 2.36. The van der Waals surface area contributed by atoms with Gasteiger partial charge in [-0.1, -0.05) is 36.4 Å². The molecule has 0 spiro atoms. The zero-order valence-corrected chi connectivity index (χ0v) is 23.7. The van der Waals surface area contributed by atoms with E-state index in [2.05, 4.69) is 18.2 Å². The summed E-state index contributed by atoms with van der Waals surface area (Å²) in [5.74, 6) is 0.752. The molecule has 4 aromatic rings. The summed E-state index contributed by atoms with van der Waals surface area (Å²) in [4.78, 5) is 27.8. The average molecular weight is 529 g/mol. The van der Waals surface area contributed by atoms with Gasteiger partial charge in [-0.3, -0.25) is 0 Å². The van der Waals surface area contributed by atoms with Gasteiger partial charge in [0.15, 0.2) is 0 Å². The van der Waals surface area contributed by atoms with E-state index in [0.717, 1.165) is 44.2 Å². The largest absolute Gasteiger partial charge is 0.497 e. The third-order valence-corrected chi connectivity index (χ3v) is 6.74. The Bertz CT molecular complexity index is 1570. The highest BCUT2D eigenvalue weighted by Crippen LogP contribution is 2.38. The maximum absolute atomic E-state index is 13.6. The number of aromatic nitrogens is 1. The van der Waals surface area contributed by atoms with Crippen LogP contribution in [0.3, 0.4) is 0 Å². The molecule has 7 heteroatoms. The number of carbonyl (C=O) groups is 2. The molecule has 5 rings (SSSR count). The van der Waals surface area contributed by atoms with Crippen molar-refractivity contribution in [3.63, 3.8) is 0 Å². The first-order valence-corrected chi connectivity index (χ1v) is 13.3. The molecule has 0 radical (unpaired) electrons. The number of carbonyl (C=O) groups excluding carboxylic acids is 2. The summed E-state index contributed by atoms with van der Waals surface area (Å²) >= 11 is 0. The Hall–Kier alpha value is -4.00. The summed E-state index contributed by atoms with van der Waals surface area (Å²) in [6.07, 6.45) is -0.776. The van der Waals surface area contributed by atoms with E-state index in [0.29, 0.717) is 13.1 Å². The molecule has 39 heavy (non-hydrogen) atoms. The summed E-state index contributed by atoms with van der Waals surface area (Å²) in [5, 5.41) is 3.11. The predicted molar refractivity (Wildman–Crippen MR) is 154 cm³/mol. The lowest BCUT2D eigenvalue weighted by molar-refractivity contribution is 0.00755. The van der Waals surface area contributed by atoms with Crippen molar-refractivity contribution in [3.05, 3.63) is 66.4 Å². The Morgan fingerprint density at radius 2 is 1.46 bits per heavy atom. The molecule has 0 aliphatic carbocycles. The van der Waals surface area contributed by atoms with Crippen LogP contribution in [0, 0.1) is 0 Å². The van der Waals surface area contributed by atoms with Crippen LogP contribution < -0.4 is 4.74 Å². The van der Waals surface area contributed by atoms with Crippen LogP contribution in [0.1, 0.15) is 53.2 Å². The van der Waals surface area contributed by atoms with Gasteiger partial charge in [0.25, 0.3) is 0 Å². The molecule has 0 atom stereocenters. The maximum atomic E-state index is 13.6. The molecule has 1 amide bonds. The van der Waals surface area contributed by atoms with E-state index in [9.17, 15) is 9.59 Å². The van der Waals surface area contributed by atoms with Crippen LogP contribution in [0.4, 0.5) is 9.59 Å².